The van der Waals surface area contributed by atoms with Crippen LogP contribution >= 0.6 is 22.7 Å². The molecule has 0 bridgehead atoms. The van der Waals surface area contributed by atoms with E-state index < -0.39 is 0 Å². The molecule has 0 unspecified atom stereocenters. The van der Waals surface area contributed by atoms with Gasteiger partial charge in [0.05, 0.1) is 18.8 Å². The number of benzene rings is 1. The average molecular weight is 370 g/mol. The van der Waals surface area contributed by atoms with Crippen molar-refractivity contribution in [2.24, 2.45) is 0 Å². The summed E-state index contributed by atoms with van der Waals surface area (Å²) in [6.07, 6.45) is 3.48. The standard InChI is InChI=1S/C19H18N2O2S2/c1-12-2-4-13(5-3-12)8-14-9-20-19(25-14)21-18(22)16-11-24-17-10-23-7-6-15(16)17/h2-5,9,11H,6-8,10H2,1H3,(H,20,21,22). The highest BCUT2D eigenvalue weighted by atomic mass is 32.1. The highest BCUT2D eigenvalue weighted by Crippen LogP contribution is 2.29. The molecule has 1 N–H and O–H groups in total. The maximum Gasteiger partial charge on any atom is 0.258 e. The number of thiazole rings is 1. The van der Waals surface area contributed by atoms with Crippen LogP contribution in [0.4, 0.5) is 5.13 Å². The highest BCUT2D eigenvalue weighted by molar-refractivity contribution is 7.15. The van der Waals surface area contributed by atoms with Gasteiger partial charge in [0.1, 0.15) is 0 Å². The Labute approximate surface area is 154 Å². The molecule has 0 radical (unpaired) electrons. The van der Waals surface area contributed by atoms with E-state index in [-0.39, 0.29) is 5.91 Å². The van der Waals surface area contributed by atoms with Crippen molar-refractivity contribution in [1.82, 2.24) is 4.98 Å². The maximum absolute atomic E-state index is 12.6. The molecule has 0 fully saturated rings. The Morgan fingerprint density at radius 3 is 3.00 bits per heavy atom. The average Bonchev–Trinajstić information content (AvgIpc) is 3.23. The van der Waals surface area contributed by atoms with Crippen LogP contribution in [-0.2, 0) is 24.2 Å². The molecule has 128 valence electrons. The van der Waals surface area contributed by atoms with Gasteiger partial charge in [0.15, 0.2) is 5.13 Å². The van der Waals surface area contributed by atoms with E-state index in [0.29, 0.717) is 18.3 Å². The summed E-state index contributed by atoms with van der Waals surface area (Å²) in [6, 6.07) is 8.49. The first-order chi connectivity index (χ1) is 12.2. The number of hydrogen-bond acceptors (Lipinski definition) is 5. The summed E-state index contributed by atoms with van der Waals surface area (Å²) in [5.74, 6) is -0.0735. The number of aromatic nitrogens is 1. The molecule has 1 aliphatic heterocycles. The third-order valence-corrected chi connectivity index (χ3v) is 6.14. The Bertz CT molecular complexity index is 897. The van der Waals surface area contributed by atoms with Crippen LogP contribution in [0.25, 0.3) is 0 Å². The van der Waals surface area contributed by atoms with E-state index in [1.165, 1.54) is 22.5 Å². The summed E-state index contributed by atoms with van der Waals surface area (Å²) in [5.41, 5.74) is 4.40. The second-order valence-corrected chi connectivity index (χ2v) is 8.18. The number of carbonyl (C=O) groups is 1. The van der Waals surface area contributed by atoms with Crippen molar-refractivity contribution in [3.8, 4) is 0 Å². The summed E-state index contributed by atoms with van der Waals surface area (Å²) in [5, 5.41) is 5.52. The first kappa shape index (κ1) is 16.4. The smallest absolute Gasteiger partial charge is 0.258 e. The minimum atomic E-state index is -0.0735. The zero-order chi connectivity index (χ0) is 17.2. The number of nitrogens with one attached hydrogen (secondary N) is 1. The number of anilines is 1. The minimum absolute atomic E-state index is 0.0735. The quantitative estimate of drug-likeness (QED) is 0.739. The van der Waals surface area contributed by atoms with Crippen LogP contribution in [0.5, 0.6) is 0 Å². The fourth-order valence-corrected chi connectivity index (χ4v) is 4.72. The number of thiophene rings is 1. The molecule has 0 saturated heterocycles. The molecule has 2 aromatic heterocycles. The fourth-order valence-electron chi connectivity index (χ4n) is 2.87. The van der Waals surface area contributed by atoms with Gasteiger partial charge in [0, 0.05) is 27.8 Å². The molecule has 1 amide bonds. The van der Waals surface area contributed by atoms with E-state index >= 15 is 0 Å². The molecular formula is C19H18N2O2S2. The molecule has 4 rings (SSSR count). The number of aryl methyl sites for hydroxylation is 1. The second kappa shape index (κ2) is 7.07. The van der Waals surface area contributed by atoms with Crippen molar-refractivity contribution < 1.29 is 9.53 Å². The van der Waals surface area contributed by atoms with Gasteiger partial charge in [-0.25, -0.2) is 4.98 Å². The molecule has 1 aromatic carbocycles. The Hall–Kier alpha value is -2.02. The lowest BCUT2D eigenvalue weighted by Gasteiger charge is -2.13. The molecule has 0 aliphatic carbocycles. The largest absolute Gasteiger partial charge is 0.376 e. The van der Waals surface area contributed by atoms with Gasteiger partial charge in [-0.05, 0) is 24.5 Å². The first-order valence-electron chi connectivity index (χ1n) is 8.17. The van der Waals surface area contributed by atoms with Crippen LogP contribution in [0.1, 0.15) is 36.8 Å². The molecule has 0 saturated carbocycles. The van der Waals surface area contributed by atoms with Crippen LogP contribution in [-0.4, -0.2) is 17.5 Å². The van der Waals surface area contributed by atoms with Gasteiger partial charge < -0.3 is 4.74 Å². The van der Waals surface area contributed by atoms with Gasteiger partial charge in [-0.2, -0.15) is 0 Å². The van der Waals surface area contributed by atoms with Gasteiger partial charge in [-0.3, -0.25) is 10.1 Å². The molecule has 1 aliphatic rings. The molecule has 0 spiro atoms. The molecule has 0 atom stereocenters. The summed E-state index contributed by atoms with van der Waals surface area (Å²) < 4.78 is 5.44. The van der Waals surface area contributed by atoms with Gasteiger partial charge in [-0.15, -0.1) is 22.7 Å². The number of amides is 1. The van der Waals surface area contributed by atoms with Gasteiger partial charge in [0.25, 0.3) is 5.91 Å². The van der Waals surface area contributed by atoms with Crippen LogP contribution in [0.15, 0.2) is 35.8 Å². The van der Waals surface area contributed by atoms with Crippen molar-refractivity contribution in [3.63, 3.8) is 0 Å². The lowest BCUT2D eigenvalue weighted by Crippen LogP contribution is -2.16. The SMILES string of the molecule is Cc1ccc(Cc2cnc(NC(=O)c3csc4c3CCOC4)s2)cc1. The number of carbonyl (C=O) groups excluding carboxylic acids is 1. The van der Waals surface area contributed by atoms with Crippen LogP contribution in [0.3, 0.4) is 0 Å². The highest BCUT2D eigenvalue weighted by Gasteiger charge is 2.21. The monoisotopic (exact) mass is 370 g/mol. The number of nitrogens with zero attached hydrogens (tertiary/aromatic N) is 1. The molecule has 3 heterocycles. The lowest BCUT2D eigenvalue weighted by atomic mass is 10.1. The Morgan fingerprint density at radius 2 is 2.16 bits per heavy atom. The summed E-state index contributed by atoms with van der Waals surface area (Å²) >= 11 is 3.13. The topological polar surface area (TPSA) is 51.2 Å². The maximum atomic E-state index is 12.6. The van der Waals surface area contributed by atoms with Gasteiger partial charge in [0.2, 0.25) is 0 Å². The normalized spacial score (nSPS) is 13.5. The van der Waals surface area contributed by atoms with E-state index in [0.717, 1.165) is 33.7 Å². The molecular weight excluding hydrogens is 352 g/mol. The zero-order valence-electron chi connectivity index (χ0n) is 13.9. The fraction of sp³-hybridized carbons (Fsp3) is 0.263. The van der Waals surface area contributed by atoms with Crippen molar-refractivity contribution in [2.45, 2.75) is 26.4 Å². The van der Waals surface area contributed by atoms with E-state index in [1.54, 1.807) is 11.3 Å². The van der Waals surface area contributed by atoms with Crippen molar-refractivity contribution in [1.29, 1.82) is 0 Å². The summed E-state index contributed by atoms with van der Waals surface area (Å²) in [6.45, 7) is 3.38. The van der Waals surface area contributed by atoms with E-state index in [9.17, 15) is 4.79 Å². The molecule has 25 heavy (non-hydrogen) atoms. The number of fused-ring (bicyclic) bond motifs is 1. The first-order valence-corrected chi connectivity index (χ1v) is 9.87. The predicted molar refractivity (Wildman–Crippen MR) is 102 cm³/mol. The number of hydrogen-bond donors (Lipinski definition) is 1. The second-order valence-electron chi connectivity index (χ2n) is 6.10. The predicted octanol–water partition coefficient (Wildman–Crippen LogP) is 4.43. The van der Waals surface area contributed by atoms with Crippen LogP contribution in [0, 0.1) is 6.92 Å². The van der Waals surface area contributed by atoms with Crippen molar-refractivity contribution >= 4 is 33.7 Å². The Kier molecular flexibility index (Phi) is 4.65. The third-order valence-electron chi connectivity index (χ3n) is 4.23. The lowest BCUT2D eigenvalue weighted by molar-refractivity contribution is 0.101. The van der Waals surface area contributed by atoms with Crippen LogP contribution in [0.2, 0.25) is 0 Å². The summed E-state index contributed by atoms with van der Waals surface area (Å²) in [4.78, 5) is 19.2. The van der Waals surface area contributed by atoms with Crippen molar-refractivity contribution in [2.75, 3.05) is 11.9 Å². The minimum Gasteiger partial charge on any atom is -0.376 e. The summed E-state index contributed by atoms with van der Waals surface area (Å²) in [7, 11) is 0. The zero-order valence-corrected chi connectivity index (χ0v) is 15.5. The molecule has 4 nitrogen and oxygen atoms in total. The third kappa shape index (κ3) is 3.66. The number of ether oxygens (including phenoxy) is 1. The van der Waals surface area contributed by atoms with Crippen LogP contribution < -0.4 is 5.32 Å². The van der Waals surface area contributed by atoms with E-state index in [1.807, 2.05) is 11.6 Å². The molecule has 6 heteroatoms. The Morgan fingerprint density at radius 1 is 1.32 bits per heavy atom. The van der Waals surface area contributed by atoms with Gasteiger partial charge in [-0.1, -0.05) is 29.8 Å². The van der Waals surface area contributed by atoms with Gasteiger partial charge >= 0.3 is 0 Å². The van der Waals surface area contributed by atoms with E-state index in [2.05, 4.69) is 41.5 Å². The number of rotatable bonds is 4. The van der Waals surface area contributed by atoms with E-state index in [4.69, 9.17) is 4.74 Å². The Balaban J connectivity index is 1.45. The van der Waals surface area contributed by atoms with Crippen molar-refractivity contribution in [3.05, 3.63) is 67.9 Å². The molecule has 3 aromatic rings.